The van der Waals surface area contributed by atoms with Gasteiger partial charge < -0.3 is 14.5 Å². The van der Waals surface area contributed by atoms with Crippen molar-refractivity contribution in [1.29, 1.82) is 0 Å². The van der Waals surface area contributed by atoms with E-state index in [9.17, 15) is 9.59 Å². The van der Waals surface area contributed by atoms with Crippen molar-refractivity contribution in [1.82, 2.24) is 9.80 Å². The third-order valence-corrected chi connectivity index (χ3v) is 6.92. The van der Waals surface area contributed by atoms with E-state index in [1.165, 1.54) is 25.7 Å². The van der Waals surface area contributed by atoms with E-state index in [2.05, 4.69) is 4.90 Å². The molecular formula is C21H34N2O3. The minimum absolute atomic E-state index is 0.224. The minimum Gasteiger partial charge on any atom is -0.381 e. The highest BCUT2D eigenvalue weighted by molar-refractivity contribution is 5.82. The Morgan fingerprint density at radius 2 is 1.65 bits per heavy atom. The van der Waals surface area contributed by atoms with Crippen LogP contribution in [-0.2, 0) is 14.3 Å². The Morgan fingerprint density at radius 1 is 0.923 bits per heavy atom. The zero-order valence-electron chi connectivity index (χ0n) is 16.0. The zero-order chi connectivity index (χ0) is 17.9. The molecule has 2 aliphatic heterocycles. The van der Waals surface area contributed by atoms with E-state index in [0.717, 1.165) is 70.7 Å². The summed E-state index contributed by atoms with van der Waals surface area (Å²) in [6, 6.07) is 0.539. The summed E-state index contributed by atoms with van der Waals surface area (Å²) in [5.74, 6) is 1.69. The van der Waals surface area contributed by atoms with Gasteiger partial charge in [0.25, 0.3) is 0 Å². The first-order valence-corrected chi connectivity index (χ1v) is 10.9. The number of hydrogen-bond acceptors (Lipinski definition) is 3. The van der Waals surface area contributed by atoms with Crippen LogP contribution in [0, 0.1) is 11.8 Å². The molecule has 0 bridgehead atoms. The van der Waals surface area contributed by atoms with E-state index in [1.807, 2.05) is 4.90 Å². The fourth-order valence-electron chi connectivity index (χ4n) is 5.14. The van der Waals surface area contributed by atoms with Crippen LogP contribution in [0.25, 0.3) is 0 Å². The van der Waals surface area contributed by atoms with Crippen molar-refractivity contribution in [3.63, 3.8) is 0 Å². The normalized spacial score (nSPS) is 27.8. The molecule has 2 heterocycles. The fraction of sp³-hybridized carbons (Fsp3) is 0.905. The van der Waals surface area contributed by atoms with Gasteiger partial charge in [0, 0.05) is 44.7 Å². The van der Waals surface area contributed by atoms with E-state index in [0.29, 0.717) is 24.3 Å². The Bertz CT molecular complexity index is 507. The highest BCUT2D eigenvalue weighted by atomic mass is 16.5. The van der Waals surface area contributed by atoms with Gasteiger partial charge >= 0.3 is 0 Å². The van der Waals surface area contributed by atoms with Gasteiger partial charge in [-0.25, -0.2) is 0 Å². The Labute approximate surface area is 157 Å². The summed E-state index contributed by atoms with van der Waals surface area (Å²) in [6.07, 6.45) is 12.0. The SMILES string of the molecule is O=C(CCC1CCCC1)N1CCC(N(C(=O)C2CC2)C2CCOCC2)C1. The number of nitrogens with zero attached hydrogens (tertiary/aromatic N) is 2. The van der Waals surface area contributed by atoms with Crippen molar-refractivity contribution in [3.8, 4) is 0 Å². The van der Waals surface area contributed by atoms with Crippen LogP contribution < -0.4 is 0 Å². The predicted octanol–water partition coefficient (Wildman–Crippen LogP) is 2.98. The van der Waals surface area contributed by atoms with Crippen LogP contribution in [0.2, 0.25) is 0 Å². The van der Waals surface area contributed by atoms with Gasteiger partial charge in [0.2, 0.25) is 11.8 Å². The lowest BCUT2D eigenvalue weighted by molar-refractivity contribution is -0.140. The number of carbonyl (C=O) groups excluding carboxylic acids is 2. The summed E-state index contributed by atoms with van der Waals surface area (Å²) in [6.45, 7) is 3.09. The average Bonchev–Trinajstić information content (AvgIpc) is 3.17. The molecule has 1 unspecified atom stereocenters. The number of amides is 2. The van der Waals surface area contributed by atoms with Crippen molar-refractivity contribution in [2.75, 3.05) is 26.3 Å². The van der Waals surface area contributed by atoms with Crippen LogP contribution in [0.4, 0.5) is 0 Å². The Hall–Kier alpha value is -1.10. The molecule has 0 aromatic rings. The summed E-state index contributed by atoms with van der Waals surface area (Å²) < 4.78 is 5.51. The summed E-state index contributed by atoms with van der Waals surface area (Å²) in [5, 5.41) is 0. The van der Waals surface area contributed by atoms with E-state index in [-0.39, 0.29) is 12.0 Å². The quantitative estimate of drug-likeness (QED) is 0.730. The second-order valence-electron chi connectivity index (χ2n) is 8.83. The van der Waals surface area contributed by atoms with Gasteiger partial charge in [-0.1, -0.05) is 25.7 Å². The highest BCUT2D eigenvalue weighted by Gasteiger charge is 2.42. The summed E-state index contributed by atoms with van der Waals surface area (Å²) in [5.41, 5.74) is 0. The number of carbonyl (C=O) groups is 2. The van der Waals surface area contributed by atoms with Crippen LogP contribution in [-0.4, -0.2) is 60.0 Å². The molecule has 146 valence electrons. The van der Waals surface area contributed by atoms with Crippen molar-refractivity contribution in [2.24, 2.45) is 11.8 Å². The van der Waals surface area contributed by atoms with Crippen molar-refractivity contribution >= 4 is 11.8 Å². The zero-order valence-corrected chi connectivity index (χ0v) is 16.0. The number of rotatable bonds is 6. The molecule has 5 heteroatoms. The first-order valence-electron chi connectivity index (χ1n) is 10.9. The maximum absolute atomic E-state index is 12.9. The van der Waals surface area contributed by atoms with Crippen molar-refractivity contribution in [3.05, 3.63) is 0 Å². The smallest absolute Gasteiger partial charge is 0.226 e. The van der Waals surface area contributed by atoms with Gasteiger partial charge in [0.15, 0.2) is 0 Å². The monoisotopic (exact) mass is 362 g/mol. The Morgan fingerprint density at radius 3 is 2.35 bits per heavy atom. The molecule has 4 rings (SSSR count). The lowest BCUT2D eigenvalue weighted by Gasteiger charge is -2.38. The van der Waals surface area contributed by atoms with Gasteiger partial charge in [-0.15, -0.1) is 0 Å². The van der Waals surface area contributed by atoms with Crippen LogP contribution in [0.1, 0.15) is 70.6 Å². The van der Waals surface area contributed by atoms with E-state index in [1.54, 1.807) is 0 Å². The van der Waals surface area contributed by atoms with Gasteiger partial charge in [0.1, 0.15) is 0 Å². The Kier molecular flexibility index (Phi) is 5.82. The molecule has 26 heavy (non-hydrogen) atoms. The van der Waals surface area contributed by atoms with Crippen molar-refractivity contribution in [2.45, 2.75) is 82.7 Å². The first kappa shape index (κ1) is 18.3. The number of likely N-dealkylation sites (tertiary alicyclic amines) is 1. The molecule has 0 spiro atoms. The largest absolute Gasteiger partial charge is 0.381 e. The lowest BCUT2D eigenvalue weighted by atomic mass is 10.0. The van der Waals surface area contributed by atoms with Gasteiger partial charge in [-0.3, -0.25) is 9.59 Å². The van der Waals surface area contributed by atoms with E-state index >= 15 is 0 Å². The second-order valence-corrected chi connectivity index (χ2v) is 8.83. The van der Waals surface area contributed by atoms with Gasteiger partial charge in [-0.05, 0) is 44.4 Å². The lowest BCUT2D eigenvalue weighted by Crippen LogP contribution is -2.51. The molecule has 4 fully saturated rings. The summed E-state index contributed by atoms with van der Waals surface area (Å²) in [4.78, 5) is 29.8. The van der Waals surface area contributed by atoms with Gasteiger partial charge in [0.05, 0.1) is 6.04 Å². The third-order valence-electron chi connectivity index (χ3n) is 6.92. The molecule has 2 amide bonds. The molecule has 0 aromatic carbocycles. The van der Waals surface area contributed by atoms with E-state index < -0.39 is 0 Å². The predicted molar refractivity (Wildman–Crippen MR) is 99.6 cm³/mol. The first-order chi connectivity index (χ1) is 12.7. The van der Waals surface area contributed by atoms with Crippen LogP contribution >= 0.6 is 0 Å². The van der Waals surface area contributed by atoms with Crippen molar-refractivity contribution < 1.29 is 14.3 Å². The molecule has 2 saturated carbocycles. The van der Waals surface area contributed by atoms with Crippen LogP contribution in [0.3, 0.4) is 0 Å². The van der Waals surface area contributed by atoms with Crippen LogP contribution in [0.15, 0.2) is 0 Å². The Balaban J connectivity index is 1.33. The number of ether oxygens (including phenoxy) is 1. The molecule has 2 saturated heterocycles. The molecule has 4 aliphatic rings. The topological polar surface area (TPSA) is 49.9 Å². The summed E-state index contributed by atoms with van der Waals surface area (Å²) in [7, 11) is 0. The highest BCUT2D eigenvalue weighted by Crippen LogP contribution is 2.35. The molecule has 1 atom stereocenters. The molecule has 0 N–H and O–H groups in total. The minimum atomic E-state index is 0.224. The molecule has 2 aliphatic carbocycles. The maximum Gasteiger partial charge on any atom is 0.226 e. The number of hydrogen-bond donors (Lipinski definition) is 0. The standard InChI is InChI=1S/C21H34N2O3/c24-20(8-5-16-3-1-2-4-16)22-12-9-19(15-22)23(21(25)17-6-7-17)18-10-13-26-14-11-18/h16-19H,1-15H2. The van der Waals surface area contributed by atoms with Crippen LogP contribution in [0.5, 0.6) is 0 Å². The third kappa shape index (κ3) is 4.24. The molecule has 0 aromatic heterocycles. The summed E-state index contributed by atoms with van der Waals surface area (Å²) >= 11 is 0. The van der Waals surface area contributed by atoms with E-state index in [4.69, 9.17) is 4.74 Å². The fourth-order valence-corrected chi connectivity index (χ4v) is 5.14. The average molecular weight is 363 g/mol. The molecule has 5 nitrogen and oxygen atoms in total. The van der Waals surface area contributed by atoms with Gasteiger partial charge in [-0.2, -0.15) is 0 Å². The second kappa shape index (κ2) is 8.28. The molecule has 0 radical (unpaired) electrons. The maximum atomic E-state index is 12.9. The molecular weight excluding hydrogens is 328 g/mol.